The lowest BCUT2D eigenvalue weighted by Gasteiger charge is -2.29. The lowest BCUT2D eigenvalue weighted by molar-refractivity contribution is 0.244. The lowest BCUT2D eigenvalue weighted by Crippen LogP contribution is -2.50. The number of fused-ring (bicyclic) bond motifs is 1. The Morgan fingerprint density at radius 2 is 2.33 bits per heavy atom. The van der Waals surface area contributed by atoms with Gasteiger partial charge in [0.15, 0.2) is 0 Å². The number of carbonyl (C=O) groups excluding carboxylic acids is 1. The summed E-state index contributed by atoms with van der Waals surface area (Å²) in [4.78, 5) is 11.3. The van der Waals surface area contributed by atoms with Crippen LogP contribution in [0, 0.1) is 0 Å². The van der Waals surface area contributed by atoms with E-state index in [9.17, 15) is 4.79 Å². The molecular formula is C11H20N2OS. The molecule has 2 rings (SSSR count). The smallest absolute Gasteiger partial charge is 0.315 e. The van der Waals surface area contributed by atoms with Crippen LogP contribution < -0.4 is 10.6 Å². The van der Waals surface area contributed by atoms with E-state index >= 15 is 0 Å². The fraction of sp³-hybridized carbons (Fsp3) is 0.909. The molecule has 0 radical (unpaired) electrons. The van der Waals surface area contributed by atoms with Crippen LogP contribution in [0.1, 0.15) is 39.5 Å². The van der Waals surface area contributed by atoms with E-state index in [-0.39, 0.29) is 11.6 Å². The first-order valence-electron chi connectivity index (χ1n) is 5.87. The van der Waals surface area contributed by atoms with Crippen molar-refractivity contribution in [3.8, 4) is 0 Å². The number of amides is 2. The standard InChI is InChI=1S/C11H20N2OS/c1-3-4-5-6-9-11(2)8(7-15-9)12-10(14)13-11/h8-9H,3-7H2,1-2H3,(H2,12,13,14)/t8-,9-,11-/m0/s1. The maximum absolute atomic E-state index is 11.3. The van der Waals surface area contributed by atoms with Gasteiger partial charge in [0, 0.05) is 11.0 Å². The maximum Gasteiger partial charge on any atom is 0.315 e. The Bertz CT molecular complexity index is 259. The third-order valence-electron chi connectivity index (χ3n) is 3.61. The quantitative estimate of drug-likeness (QED) is 0.571. The van der Waals surface area contributed by atoms with Gasteiger partial charge in [-0.1, -0.05) is 26.2 Å². The van der Waals surface area contributed by atoms with Crippen molar-refractivity contribution >= 4 is 17.8 Å². The van der Waals surface area contributed by atoms with E-state index in [1.54, 1.807) is 0 Å². The number of unbranched alkanes of at least 4 members (excludes halogenated alkanes) is 2. The number of nitrogens with one attached hydrogen (secondary N) is 2. The van der Waals surface area contributed by atoms with Crippen molar-refractivity contribution in [1.29, 1.82) is 0 Å². The number of hydrogen-bond acceptors (Lipinski definition) is 2. The van der Waals surface area contributed by atoms with E-state index in [0.29, 0.717) is 11.3 Å². The Morgan fingerprint density at radius 3 is 3.07 bits per heavy atom. The van der Waals surface area contributed by atoms with E-state index in [2.05, 4.69) is 24.5 Å². The summed E-state index contributed by atoms with van der Waals surface area (Å²) in [5.41, 5.74) is -0.00447. The van der Waals surface area contributed by atoms with Gasteiger partial charge in [-0.3, -0.25) is 0 Å². The average Bonchev–Trinajstić information content (AvgIpc) is 2.61. The fourth-order valence-corrected chi connectivity index (χ4v) is 4.30. The zero-order chi connectivity index (χ0) is 10.9. The molecule has 3 nitrogen and oxygen atoms in total. The van der Waals surface area contributed by atoms with E-state index in [1.807, 2.05) is 11.8 Å². The molecule has 0 aliphatic carbocycles. The van der Waals surface area contributed by atoms with E-state index in [1.165, 1.54) is 25.7 Å². The van der Waals surface area contributed by atoms with Crippen LogP contribution in [0.25, 0.3) is 0 Å². The van der Waals surface area contributed by atoms with Crippen molar-refractivity contribution in [1.82, 2.24) is 10.6 Å². The zero-order valence-corrected chi connectivity index (χ0v) is 10.3. The second-order valence-corrected chi connectivity index (χ2v) is 5.99. The first-order chi connectivity index (χ1) is 7.16. The molecule has 2 saturated heterocycles. The van der Waals surface area contributed by atoms with Crippen LogP contribution in [0.3, 0.4) is 0 Å². The molecule has 3 atom stereocenters. The van der Waals surface area contributed by atoms with Crippen LogP contribution in [-0.4, -0.2) is 28.6 Å². The minimum Gasteiger partial charge on any atom is -0.332 e. The van der Waals surface area contributed by atoms with Crippen LogP contribution in [0.5, 0.6) is 0 Å². The Labute approximate surface area is 95.8 Å². The van der Waals surface area contributed by atoms with Crippen LogP contribution in [-0.2, 0) is 0 Å². The topological polar surface area (TPSA) is 41.1 Å². The average molecular weight is 228 g/mol. The van der Waals surface area contributed by atoms with Gasteiger partial charge in [0.05, 0.1) is 11.6 Å². The van der Waals surface area contributed by atoms with Crippen molar-refractivity contribution in [3.63, 3.8) is 0 Å². The molecule has 15 heavy (non-hydrogen) atoms. The highest BCUT2D eigenvalue weighted by Gasteiger charge is 2.52. The van der Waals surface area contributed by atoms with Gasteiger partial charge in [0.2, 0.25) is 0 Å². The highest BCUT2D eigenvalue weighted by Crippen LogP contribution is 2.40. The van der Waals surface area contributed by atoms with Gasteiger partial charge in [-0.15, -0.1) is 0 Å². The van der Waals surface area contributed by atoms with Gasteiger partial charge in [0.1, 0.15) is 0 Å². The number of rotatable bonds is 4. The van der Waals surface area contributed by atoms with Crippen molar-refractivity contribution in [2.75, 3.05) is 5.75 Å². The van der Waals surface area contributed by atoms with Gasteiger partial charge in [0.25, 0.3) is 0 Å². The summed E-state index contributed by atoms with van der Waals surface area (Å²) in [6.07, 6.45) is 5.08. The Kier molecular flexibility index (Phi) is 3.14. The first kappa shape index (κ1) is 11.1. The molecule has 2 N–H and O–H groups in total. The van der Waals surface area contributed by atoms with Crippen LogP contribution in [0.2, 0.25) is 0 Å². The normalized spacial score (nSPS) is 38.7. The van der Waals surface area contributed by atoms with Gasteiger partial charge in [-0.25, -0.2) is 4.79 Å². The van der Waals surface area contributed by atoms with Crippen molar-refractivity contribution in [2.45, 2.75) is 56.4 Å². The molecule has 0 saturated carbocycles. The predicted octanol–water partition coefficient (Wildman–Crippen LogP) is 2.12. The summed E-state index contributed by atoms with van der Waals surface area (Å²) < 4.78 is 0. The summed E-state index contributed by atoms with van der Waals surface area (Å²) >= 11 is 2.01. The third kappa shape index (κ3) is 1.96. The van der Waals surface area contributed by atoms with E-state index < -0.39 is 0 Å². The summed E-state index contributed by atoms with van der Waals surface area (Å²) in [6, 6.07) is 0.352. The second kappa shape index (κ2) is 4.24. The Balaban J connectivity index is 1.93. The molecule has 0 aromatic heterocycles. The summed E-state index contributed by atoms with van der Waals surface area (Å²) in [5, 5.41) is 6.69. The summed E-state index contributed by atoms with van der Waals surface area (Å²) in [7, 11) is 0. The Morgan fingerprint density at radius 1 is 1.53 bits per heavy atom. The number of hydrogen-bond donors (Lipinski definition) is 2. The molecule has 0 aromatic carbocycles. The fourth-order valence-electron chi connectivity index (χ4n) is 2.54. The molecule has 0 bridgehead atoms. The highest BCUT2D eigenvalue weighted by atomic mass is 32.2. The minimum atomic E-state index is -0.00447. The number of urea groups is 1. The largest absolute Gasteiger partial charge is 0.332 e. The molecule has 0 spiro atoms. The molecule has 2 amide bonds. The van der Waals surface area contributed by atoms with Crippen LogP contribution in [0.15, 0.2) is 0 Å². The van der Waals surface area contributed by atoms with Crippen LogP contribution >= 0.6 is 11.8 Å². The van der Waals surface area contributed by atoms with E-state index in [4.69, 9.17) is 0 Å². The Hall–Kier alpha value is -0.380. The molecular weight excluding hydrogens is 208 g/mol. The molecule has 0 unspecified atom stereocenters. The highest BCUT2D eigenvalue weighted by molar-refractivity contribution is 8.00. The molecule has 2 heterocycles. The number of carbonyl (C=O) groups is 1. The monoisotopic (exact) mass is 228 g/mol. The number of thioether (sulfide) groups is 1. The maximum atomic E-state index is 11.3. The van der Waals surface area contributed by atoms with Gasteiger partial charge >= 0.3 is 6.03 Å². The molecule has 2 aliphatic heterocycles. The molecule has 0 aromatic rings. The van der Waals surface area contributed by atoms with Gasteiger partial charge < -0.3 is 10.6 Å². The van der Waals surface area contributed by atoms with Gasteiger partial charge in [-0.2, -0.15) is 11.8 Å². The minimum absolute atomic E-state index is 0.00447. The van der Waals surface area contributed by atoms with Crippen molar-refractivity contribution < 1.29 is 4.79 Å². The van der Waals surface area contributed by atoms with Gasteiger partial charge in [-0.05, 0) is 13.3 Å². The zero-order valence-electron chi connectivity index (χ0n) is 9.51. The second-order valence-electron chi connectivity index (χ2n) is 4.75. The predicted molar refractivity (Wildman–Crippen MR) is 64.2 cm³/mol. The SMILES string of the molecule is CCCCC[C@@H]1SC[C@@H]2NC(=O)N[C@@]21C. The molecule has 2 aliphatic rings. The summed E-state index contributed by atoms with van der Waals surface area (Å²) in [6.45, 7) is 4.41. The van der Waals surface area contributed by atoms with Crippen LogP contribution in [0.4, 0.5) is 4.79 Å². The van der Waals surface area contributed by atoms with Crippen molar-refractivity contribution in [2.24, 2.45) is 0 Å². The molecule has 2 fully saturated rings. The van der Waals surface area contributed by atoms with Crippen molar-refractivity contribution in [3.05, 3.63) is 0 Å². The lowest BCUT2D eigenvalue weighted by atomic mass is 9.89. The summed E-state index contributed by atoms with van der Waals surface area (Å²) in [5.74, 6) is 1.06. The molecule has 4 heteroatoms. The molecule has 86 valence electrons. The van der Waals surface area contributed by atoms with E-state index in [0.717, 1.165) is 5.75 Å². The first-order valence-corrected chi connectivity index (χ1v) is 6.92. The third-order valence-corrected chi connectivity index (χ3v) is 5.27.